The number of ether oxygens (including phenoxy) is 1. The molecule has 0 bridgehead atoms. The third kappa shape index (κ3) is 2.29. The number of halogens is 3. The maximum absolute atomic E-state index is 13.3. The van der Waals surface area contributed by atoms with E-state index in [1.54, 1.807) is 6.26 Å². The van der Waals surface area contributed by atoms with Crippen LogP contribution < -0.4 is 4.90 Å². The molecule has 118 valence electrons. The van der Waals surface area contributed by atoms with Gasteiger partial charge in [-0.3, -0.25) is 14.0 Å². The van der Waals surface area contributed by atoms with Crippen LogP contribution in [0.4, 0.5) is 23.7 Å². The van der Waals surface area contributed by atoms with Gasteiger partial charge in [0.1, 0.15) is 6.61 Å². The van der Waals surface area contributed by atoms with E-state index in [4.69, 9.17) is 4.74 Å². The lowest BCUT2D eigenvalue weighted by atomic mass is 10.0. The Morgan fingerprint density at radius 1 is 1.27 bits per heavy atom. The maximum atomic E-state index is 13.3. The number of alkyl halides is 3. The third-order valence-electron chi connectivity index (χ3n) is 3.59. The van der Waals surface area contributed by atoms with Crippen LogP contribution in [0.25, 0.3) is 0 Å². The fourth-order valence-corrected chi connectivity index (χ4v) is 3.07. The number of carbonyl (C=O) groups is 2. The number of hydrogen-bond acceptors (Lipinski definition) is 4. The van der Waals surface area contributed by atoms with Crippen molar-refractivity contribution >= 4 is 29.6 Å². The van der Waals surface area contributed by atoms with Crippen molar-refractivity contribution < 1.29 is 27.5 Å². The minimum absolute atomic E-state index is 0.0149. The van der Waals surface area contributed by atoms with Crippen LogP contribution in [0.2, 0.25) is 0 Å². The number of carbonyl (C=O) groups excluding carboxylic acids is 2. The third-order valence-corrected chi connectivity index (χ3v) is 4.33. The van der Waals surface area contributed by atoms with Crippen LogP contribution in [0.15, 0.2) is 12.1 Å². The van der Waals surface area contributed by atoms with E-state index in [1.807, 2.05) is 0 Å². The lowest BCUT2D eigenvalue weighted by Crippen LogP contribution is -2.24. The molecule has 2 aliphatic rings. The van der Waals surface area contributed by atoms with E-state index < -0.39 is 23.7 Å². The largest absolute Gasteiger partial charge is 0.447 e. The molecule has 22 heavy (non-hydrogen) atoms. The van der Waals surface area contributed by atoms with Crippen LogP contribution in [-0.4, -0.2) is 35.7 Å². The second-order valence-corrected chi connectivity index (χ2v) is 5.61. The van der Waals surface area contributed by atoms with Gasteiger partial charge in [0.15, 0.2) is 0 Å². The first-order valence-corrected chi connectivity index (χ1v) is 7.55. The summed E-state index contributed by atoms with van der Waals surface area (Å²) in [5, 5.41) is 0. The van der Waals surface area contributed by atoms with Gasteiger partial charge < -0.3 is 4.74 Å². The van der Waals surface area contributed by atoms with Gasteiger partial charge in [-0.15, -0.1) is 0 Å². The minimum Gasteiger partial charge on any atom is -0.447 e. The number of cyclic esters (lactones) is 1. The van der Waals surface area contributed by atoms with Crippen LogP contribution in [0, 0.1) is 0 Å². The Bertz CT molecular complexity index is 663. The van der Waals surface area contributed by atoms with E-state index in [9.17, 15) is 22.8 Å². The molecule has 0 spiro atoms. The van der Waals surface area contributed by atoms with E-state index in [-0.39, 0.29) is 36.5 Å². The first kappa shape index (κ1) is 15.0. The van der Waals surface area contributed by atoms with Crippen LogP contribution in [0.1, 0.15) is 21.5 Å². The second kappa shape index (κ2) is 5.08. The summed E-state index contributed by atoms with van der Waals surface area (Å²) in [4.78, 5) is 24.8. The molecule has 0 radical (unpaired) electrons. The molecule has 1 fully saturated rings. The Hall–Kier alpha value is -1.90. The molecular formula is C13H11F3N2O3S. The Morgan fingerprint density at radius 2 is 2.00 bits per heavy atom. The number of amides is 2. The zero-order valence-electron chi connectivity index (χ0n) is 11.4. The molecule has 0 aromatic heterocycles. The summed E-state index contributed by atoms with van der Waals surface area (Å²) >= 11 is 1.07. The minimum atomic E-state index is -4.60. The highest BCUT2D eigenvalue weighted by atomic mass is 32.2. The first-order valence-electron chi connectivity index (χ1n) is 6.37. The van der Waals surface area contributed by atoms with Crippen molar-refractivity contribution in [2.24, 2.45) is 0 Å². The van der Waals surface area contributed by atoms with Crippen molar-refractivity contribution in [3.63, 3.8) is 0 Å². The first-order chi connectivity index (χ1) is 10.3. The van der Waals surface area contributed by atoms with E-state index in [2.05, 4.69) is 0 Å². The van der Waals surface area contributed by atoms with Crippen molar-refractivity contribution in [1.82, 2.24) is 4.31 Å². The van der Waals surface area contributed by atoms with Crippen LogP contribution in [-0.2, 0) is 17.5 Å². The molecule has 2 heterocycles. The van der Waals surface area contributed by atoms with Crippen LogP contribution >= 0.6 is 11.9 Å². The van der Waals surface area contributed by atoms with Gasteiger partial charge >= 0.3 is 12.3 Å². The number of anilines is 1. The molecule has 1 aromatic rings. The maximum Gasteiger partial charge on any atom is 0.416 e. The molecule has 0 unspecified atom stereocenters. The van der Waals surface area contributed by atoms with E-state index in [0.29, 0.717) is 0 Å². The summed E-state index contributed by atoms with van der Waals surface area (Å²) in [7, 11) is 0. The number of benzene rings is 1. The molecule has 0 N–H and O–H groups in total. The summed E-state index contributed by atoms with van der Waals surface area (Å²) in [5.74, 6) is -0.484. The van der Waals surface area contributed by atoms with Gasteiger partial charge in [-0.2, -0.15) is 13.2 Å². The van der Waals surface area contributed by atoms with E-state index in [0.717, 1.165) is 22.9 Å². The summed E-state index contributed by atoms with van der Waals surface area (Å²) in [6.45, 7) is 0.173. The second-order valence-electron chi connectivity index (χ2n) is 4.81. The Morgan fingerprint density at radius 3 is 2.55 bits per heavy atom. The molecule has 1 saturated heterocycles. The normalized spacial score (nSPS) is 18.0. The van der Waals surface area contributed by atoms with Gasteiger partial charge in [-0.1, -0.05) is 11.9 Å². The van der Waals surface area contributed by atoms with Gasteiger partial charge in [0.05, 0.1) is 18.7 Å². The van der Waals surface area contributed by atoms with Crippen LogP contribution in [0.3, 0.4) is 0 Å². The average Bonchev–Trinajstić information content (AvgIpc) is 3.01. The Kier molecular flexibility index (Phi) is 3.47. The van der Waals surface area contributed by atoms with E-state index in [1.165, 1.54) is 10.4 Å². The molecular weight excluding hydrogens is 321 g/mol. The molecule has 5 nitrogen and oxygen atoms in total. The number of nitrogens with zero attached hydrogens (tertiary/aromatic N) is 2. The summed E-state index contributed by atoms with van der Waals surface area (Å²) in [6, 6.07) is 2.23. The molecule has 0 saturated carbocycles. The average molecular weight is 332 g/mol. The molecule has 2 amide bonds. The molecule has 9 heteroatoms. The topological polar surface area (TPSA) is 49.9 Å². The highest BCUT2D eigenvalue weighted by Gasteiger charge is 2.41. The highest BCUT2D eigenvalue weighted by Crippen LogP contribution is 2.41. The lowest BCUT2D eigenvalue weighted by Gasteiger charge is -2.17. The zero-order chi connectivity index (χ0) is 16.1. The van der Waals surface area contributed by atoms with Crippen molar-refractivity contribution in [2.75, 3.05) is 24.3 Å². The molecule has 3 rings (SSSR count). The summed E-state index contributed by atoms with van der Waals surface area (Å²) in [5.41, 5.74) is -0.920. The molecule has 1 aromatic carbocycles. The Balaban J connectivity index is 2.15. The fourth-order valence-electron chi connectivity index (χ4n) is 2.55. The van der Waals surface area contributed by atoms with Crippen molar-refractivity contribution in [1.29, 1.82) is 0 Å². The number of fused-ring (bicyclic) bond motifs is 1. The fraction of sp³-hybridized carbons (Fsp3) is 0.385. The van der Waals surface area contributed by atoms with Crippen molar-refractivity contribution in [3.8, 4) is 0 Å². The van der Waals surface area contributed by atoms with Crippen LogP contribution in [0.5, 0.6) is 0 Å². The molecule has 0 atom stereocenters. The van der Waals surface area contributed by atoms with Gasteiger partial charge in [0.25, 0.3) is 5.91 Å². The van der Waals surface area contributed by atoms with Gasteiger partial charge in [-0.05, 0) is 17.7 Å². The van der Waals surface area contributed by atoms with Gasteiger partial charge in [0.2, 0.25) is 0 Å². The van der Waals surface area contributed by atoms with Crippen molar-refractivity contribution in [3.05, 3.63) is 28.8 Å². The van der Waals surface area contributed by atoms with Crippen molar-refractivity contribution in [2.45, 2.75) is 12.7 Å². The highest BCUT2D eigenvalue weighted by molar-refractivity contribution is 7.96. The monoisotopic (exact) mass is 332 g/mol. The van der Waals surface area contributed by atoms with Gasteiger partial charge in [-0.25, -0.2) is 4.79 Å². The lowest BCUT2D eigenvalue weighted by molar-refractivity contribution is -0.138. The Labute approximate surface area is 128 Å². The molecule has 0 aliphatic carbocycles. The number of hydrogen-bond donors (Lipinski definition) is 0. The predicted octanol–water partition coefficient (Wildman–Crippen LogP) is 2.90. The summed E-state index contributed by atoms with van der Waals surface area (Å²) in [6.07, 6.45) is -3.69. The van der Waals surface area contributed by atoms with E-state index >= 15 is 0 Å². The molecule has 2 aliphatic heterocycles. The quantitative estimate of drug-likeness (QED) is 0.782. The SMILES string of the molecule is CSN1Cc2c(cc(N3CCOC3=O)cc2C(F)(F)F)C1=O. The van der Waals surface area contributed by atoms with Gasteiger partial charge in [0, 0.05) is 17.5 Å². The smallest absolute Gasteiger partial charge is 0.416 e. The number of rotatable bonds is 2. The zero-order valence-corrected chi connectivity index (χ0v) is 12.3. The predicted molar refractivity (Wildman–Crippen MR) is 73.5 cm³/mol. The summed E-state index contributed by atoms with van der Waals surface area (Å²) < 4.78 is 45.9. The standard InChI is InChI=1S/C13H11F3N2O3S/c1-22-18-6-9-8(11(18)19)4-7(5-10(9)13(14,15)16)17-2-3-21-12(17)20/h4-5H,2-3,6H2,1H3.